The van der Waals surface area contributed by atoms with Crippen LogP contribution in [0.25, 0.3) is 0 Å². The normalized spacial score (nSPS) is 19.2. The molecule has 1 fully saturated rings. The van der Waals surface area contributed by atoms with Crippen molar-refractivity contribution in [3.05, 3.63) is 59.4 Å². The number of benzene rings is 1. The average molecular weight is 454 g/mol. The van der Waals surface area contributed by atoms with Crippen molar-refractivity contribution < 1.29 is 13.5 Å². The van der Waals surface area contributed by atoms with Crippen molar-refractivity contribution in [2.45, 2.75) is 38.6 Å². The minimum absolute atomic E-state index is 0.147. The van der Waals surface area contributed by atoms with Gasteiger partial charge in [0.1, 0.15) is 24.8 Å². The van der Waals surface area contributed by atoms with Gasteiger partial charge in [0.2, 0.25) is 0 Å². The first-order valence-electron chi connectivity index (χ1n) is 11.6. The van der Waals surface area contributed by atoms with Crippen molar-refractivity contribution in [1.29, 1.82) is 0 Å². The number of nitrogens with zero attached hydrogens (tertiary/aromatic N) is 4. The molecular weight excluding hydrogens is 424 g/mol. The Hall–Kier alpha value is -3.00. The SMILES string of the molecule is CC(C)N1CCOc2c(F)cc(C3=NCN(c4ccc(C5CCNCC5)cn4)C=C3F)cc21. The Kier molecular flexibility index (Phi) is 6.01. The number of hydrogen-bond acceptors (Lipinski definition) is 6. The van der Waals surface area contributed by atoms with E-state index in [2.05, 4.69) is 26.3 Å². The van der Waals surface area contributed by atoms with Crippen molar-refractivity contribution in [1.82, 2.24) is 10.3 Å². The first kappa shape index (κ1) is 21.8. The molecule has 1 aromatic carbocycles. The Morgan fingerprint density at radius 2 is 1.97 bits per heavy atom. The van der Waals surface area contributed by atoms with Gasteiger partial charge >= 0.3 is 0 Å². The minimum Gasteiger partial charge on any atom is -0.486 e. The first-order chi connectivity index (χ1) is 16.0. The summed E-state index contributed by atoms with van der Waals surface area (Å²) in [6.07, 6.45) is 5.48. The molecule has 0 saturated carbocycles. The number of aliphatic imine (C=N–C) groups is 1. The average Bonchev–Trinajstić information content (AvgIpc) is 2.84. The zero-order chi connectivity index (χ0) is 22.9. The number of aromatic nitrogens is 1. The summed E-state index contributed by atoms with van der Waals surface area (Å²) < 4.78 is 35.5. The number of allylic oxidation sites excluding steroid dienone is 1. The molecule has 1 aromatic heterocycles. The fourth-order valence-electron chi connectivity index (χ4n) is 4.77. The number of anilines is 2. The Morgan fingerprint density at radius 1 is 1.15 bits per heavy atom. The molecule has 1 N–H and O–H groups in total. The van der Waals surface area contributed by atoms with Gasteiger partial charge in [-0.2, -0.15) is 0 Å². The summed E-state index contributed by atoms with van der Waals surface area (Å²) in [7, 11) is 0. The van der Waals surface area contributed by atoms with Gasteiger partial charge in [0, 0.05) is 24.0 Å². The lowest BCUT2D eigenvalue weighted by molar-refractivity contribution is 0.287. The standard InChI is InChI=1S/C25H29F2N5O/c1-16(2)32-9-10-33-25-20(26)11-19(12-22(25)32)24-21(27)14-31(15-30-24)23-4-3-18(13-29-23)17-5-7-28-8-6-17/h3-4,11-14,16-17,28H,5-10,15H2,1-2H3. The van der Waals surface area contributed by atoms with Crippen LogP contribution in [-0.4, -0.2) is 49.6 Å². The number of fused-ring (bicyclic) bond motifs is 1. The summed E-state index contributed by atoms with van der Waals surface area (Å²) in [5.41, 5.74) is 2.41. The van der Waals surface area contributed by atoms with Gasteiger partial charge in [0.05, 0.1) is 12.2 Å². The molecule has 3 aliphatic rings. The minimum atomic E-state index is -0.516. The maximum atomic E-state index is 15.1. The summed E-state index contributed by atoms with van der Waals surface area (Å²) in [5, 5.41) is 3.37. The van der Waals surface area contributed by atoms with E-state index in [1.54, 1.807) is 11.0 Å². The lowest BCUT2D eigenvalue weighted by atomic mass is 9.91. The van der Waals surface area contributed by atoms with Gasteiger partial charge in [-0.25, -0.2) is 13.8 Å². The summed E-state index contributed by atoms with van der Waals surface area (Å²) >= 11 is 0. The van der Waals surface area contributed by atoms with E-state index in [1.807, 2.05) is 26.1 Å². The molecule has 3 aliphatic heterocycles. The third kappa shape index (κ3) is 4.31. The molecule has 8 heteroatoms. The Bertz CT molecular complexity index is 1080. The highest BCUT2D eigenvalue weighted by Gasteiger charge is 2.27. The maximum absolute atomic E-state index is 15.1. The first-order valence-corrected chi connectivity index (χ1v) is 11.6. The van der Waals surface area contributed by atoms with Crippen LogP contribution in [-0.2, 0) is 0 Å². The van der Waals surface area contributed by atoms with E-state index < -0.39 is 11.6 Å². The van der Waals surface area contributed by atoms with Crippen molar-refractivity contribution >= 4 is 17.2 Å². The van der Waals surface area contributed by atoms with Gasteiger partial charge in [-0.15, -0.1) is 0 Å². The monoisotopic (exact) mass is 453 g/mol. The van der Waals surface area contributed by atoms with E-state index in [-0.39, 0.29) is 24.2 Å². The largest absolute Gasteiger partial charge is 0.486 e. The molecule has 0 radical (unpaired) electrons. The number of hydrogen-bond donors (Lipinski definition) is 1. The molecule has 0 unspecified atom stereocenters. The van der Waals surface area contributed by atoms with Gasteiger partial charge in [-0.1, -0.05) is 6.07 Å². The Morgan fingerprint density at radius 3 is 2.67 bits per heavy atom. The topological polar surface area (TPSA) is 53.0 Å². The fourth-order valence-corrected chi connectivity index (χ4v) is 4.77. The molecule has 0 spiro atoms. The van der Waals surface area contributed by atoms with Crippen LogP contribution in [0.1, 0.15) is 43.7 Å². The number of piperidine rings is 1. The number of pyridine rings is 1. The van der Waals surface area contributed by atoms with Crippen LogP contribution < -0.4 is 19.9 Å². The van der Waals surface area contributed by atoms with Gasteiger partial charge in [-0.3, -0.25) is 4.99 Å². The Balaban J connectivity index is 1.37. The van der Waals surface area contributed by atoms with Gasteiger partial charge in [0.25, 0.3) is 0 Å². The molecule has 1 saturated heterocycles. The van der Waals surface area contributed by atoms with Crippen molar-refractivity contribution in [2.24, 2.45) is 4.99 Å². The summed E-state index contributed by atoms with van der Waals surface area (Å²) in [6, 6.07) is 7.23. The molecule has 0 amide bonds. The highest BCUT2D eigenvalue weighted by atomic mass is 19.1. The molecule has 33 heavy (non-hydrogen) atoms. The maximum Gasteiger partial charge on any atom is 0.178 e. The molecule has 5 rings (SSSR count). The number of ether oxygens (including phenoxy) is 1. The number of rotatable bonds is 4. The summed E-state index contributed by atoms with van der Waals surface area (Å²) in [6.45, 7) is 7.42. The van der Waals surface area contributed by atoms with Crippen LogP contribution in [0.5, 0.6) is 5.75 Å². The van der Waals surface area contributed by atoms with Gasteiger partial charge < -0.3 is 19.9 Å². The quantitative estimate of drug-likeness (QED) is 0.745. The van der Waals surface area contributed by atoms with E-state index >= 15 is 4.39 Å². The van der Waals surface area contributed by atoms with Crippen molar-refractivity contribution in [3.8, 4) is 5.75 Å². The second-order valence-electron chi connectivity index (χ2n) is 9.01. The van der Waals surface area contributed by atoms with Crippen LogP contribution in [0.15, 0.2) is 47.5 Å². The molecule has 0 aliphatic carbocycles. The molecule has 174 valence electrons. The van der Waals surface area contributed by atoms with Crippen molar-refractivity contribution in [2.75, 3.05) is 42.7 Å². The van der Waals surface area contributed by atoms with E-state index in [4.69, 9.17) is 4.74 Å². The van der Waals surface area contributed by atoms with E-state index in [0.717, 1.165) is 25.9 Å². The zero-order valence-electron chi connectivity index (χ0n) is 19.0. The fraction of sp³-hybridized carbons (Fsp3) is 0.440. The number of halogens is 2. The van der Waals surface area contributed by atoms with E-state index in [1.165, 1.54) is 17.8 Å². The van der Waals surface area contributed by atoms with Crippen LogP contribution in [0.3, 0.4) is 0 Å². The van der Waals surface area contributed by atoms with Crippen LogP contribution in [0.2, 0.25) is 0 Å². The van der Waals surface area contributed by atoms with Crippen LogP contribution in [0.4, 0.5) is 20.3 Å². The zero-order valence-corrected chi connectivity index (χ0v) is 19.0. The molecular formula is C25H29F2N5O. The lowest BCUT2D eigenvalue weighted by Crippen LogP contribution is -2.38. The smallest absolute Gasteiger partial charge is 0.178 e. The second-order valence-corrected chi connectivity index (χ2v) is 9.01. The highest BCUT2D eigenvalue weighted by molar-refractivity contribution is 6.12. The van der Waals surface area contributed by atoms with Crippen LogP contribution in [0, 0.1) is 5.82 Å². The molecule has 4 heterocycles. The van der Waals surface area contributed by atoms with Gasteiger partial charge in [-0.05, 0) is 69.5 Å². The molecule has 0 atom stereocenters. The second kappa shape index (κ2) is 9.09. The van der Waals surface area contributed by atoms with Crippen LogP contribution >= 0.6 is 0 Å². The molecule has 6 nitrogen and oxygen atoms in total. The molecule has 0 bridgehead atoms. The predicted octanol–water partition coefficient (Wildman–Crippen LogP) is 4.37. The van der Waals surface area contributed by atoms with Crippen molar-refractivity contribution in [3.63, 3.8) is 0 Å². The summed E-state index contributed by atoms with van der Waals surface area (Å²) in [4.78, 5) is 12.7. The van der Waals surface area contributed by atoms with E-state index in [0.29, 0.717) is 36.1 Å². The number of nitrogens with one attached hydrogen (secondary N) is 1. The highest BCUT2D eigenvalue weighted by Crippen LogP contribution is 2.37. The lowest BCUT2D eigenvalue weighted by Gasteiger charge is -2.35. The van der Waals surface area contributed by atoms with E-state index in [9.17, 15) is 4.39 Å². The third-order valence-electron chi connectivity index (χ3n) is 6.56. The van der Waals surface area contributed by atoms with Gasteiger partial charge in [0.15, 0.2) is 17.4 Å². The summed E-state index contributed by atoms with van der Waals surface area (Å²) in [5.74, 6) is 0.360. The predicted molar refractivity (Wildman–Crippen MR) is 127 cm³/mol. The Labute approximate surface area is 193 Å². The third-order valence-corrected chi connectivity index (χ3v) is 6.56. The molecule has 2 aromatic rings.